The van der Waals surface area contributed by atoms with Gasteiger partial charge in [0.15, 0.2) is 16.6 Å². The van der Waals surface area contributed by atoms with Gasteiger partial charge in [0, 0.05) is 67.2 Å². The number of benzene rings is 2. The average molecular weight is 552 g/mol. The van der Waals surface area contributed by atoms with E-state index in [2.05, 4.69) is 21.6 Å². The predicted molar refractivity (Wildman–Crippen MR) is 156 cm³/mol. The molecular weight excluding hydrogens is 514 g/mol. The molecule has 10 heteroatoms. The van der Waals surface area contributed by atoms with Crippen molar-refractivity contribution in [3.8, 4) is 34.3 Å². The zero-order valence-electron chi connectivity index (χ0n) is 23.2. The summed E-state index contributed by atoms with van der Waals surface area (Å²) in [6.45, 7) is 2.94. The topological polar surface area (TPSA) is 82.0 Å². The van der Waals surface area contributed by atoms with Gasteiger partial charge in [0.1, 0.15) is 11.5 Å². The van der Waals surface area contributed by atoms with Crippen LogP contribution >= 0.6 is 12.2 Å². The van der Waals surface area contributed by atoms with Crippen molar-refractivity contribution < 1.29 is 18.9 Å². The summed E-state index contributed by atoms with van der Waals surface area (Å²) in [5, 5.41) is 12.1. The molecule has 39 heavy (non-hydrogen) atoms. The van der Waals surface area contributed by atoms with Gasteiger partial charge < -0.3 is 29.6 Å². The van der Waals surface area contributed by atoms with Crippen molar-refractivity contribution in [2.24, 2.45) is 13.0 Å². The molecule has 3 aromatic rings. The fourth-order valence-electron chi connectivity index (χ4n) is 5.92. The van der Waals surface area contributed by atoms with E-state index in [-0.39, 0.29) is 0 Å². The Hall–Kier alpha value is -3.50. The molecule has 0 radical (unpaired) electrons. The molecule has 3 fully saturated rings. The van der Waals surface area contributed by atoms with E-state index >= 15 is 0 Å². The standard InChI is InChI=1S/C29H37N5O4S/c1-33-26(15-25(32-33)19-6-7-27(37-4)28(11-19)38-5)24-17-34-9-8-18(24)10-21(34)16-30-29(39)31-20-12-22(35-2)14-23(13-20)36-3/h6-7,11-15,18,21,24H,8-10,16-17H2,1-5H3,(H2,30,31,39)/t18-,21+,24-/m0/s1. The third-order valence-corrected chi connectivity index (χ3v) is 8.21. The van der Waals surface area contributed by atoms with Crippen LogP contribution in [0.5, 0.6) is 23.0 Å². The zero-order valence-corrected chi connectivity index (χ0v) is 24.0. The van der Waals surface area contributed by atoms with Gasteiger partial charge in [-0.3, -0.25) is 9.58 Å². The van der Waals surface area contributed by atoms with Crippen LogP contribution in [0.4, 0.5) is 5.69 Å². The van der Waals surface area contributed by atoms with Crippen molar-refractivity contribution in [1.82, 2.24) is 20.0 Å². The first-order valence-electron chi connectivity index (χ1n) is 13.2. The molecule has 0 amide bonds. The molecule has 1 aromatic heterocycles. The number of aryl methyl sites for hydroxylation is 1. The van der Waals surface area contributed by atoms with Crippen LogP contribution in [0, 0.1) is 5.92 Å². The molecule has 0 saturated carbocycles. The van der Waals surface area contributed by atoms with Crippen LogP contribution in [0.1, 0.15) is 24.5 Å². The lowest BCUT2D eigenvalue weighted by Gasteiger charge is -2.50. The Balaban J connectivity index is 1.21. The Morgan fingerprint density at radius 2 is 1.72 bits per heavy atom. The van der Waals surface area contributed by atoms with Gasteiger partial charge in [-0.05, 0) is 61.8 Å². The first-order valence-corrected chi connectivity index (χ1v) is 13.6. The van der Waals surface area contributed by atoms with Crippen molar-refractivity contribution in [3.63, 3.8) is 0 Å². The molecule has 0 spiro atoms. The quantitative estimate of drug-likeness (QED) is 0.379. The van der Waals surface area contributed by atoms with E-state index in [1.165, 1.54) is 12.1 Å². The Labute approximate surface area is 235 Å². The molecule has 4 atom stereocenters. The molecule has 3 saturated heterocycles. The third-order valence-electron chi connectivity index (χ3n) is 7.96. The monoisotopic (exact) mass is 551 g/mol. The fraction of sp³-hybridized carbons (Fsp3) is 0.448. The Bertz CT molecular complexity index is 1310. The lowest BCUT2D eigenvalue weighted by molar-refractivity contribution is 0.0303. The summed E-state index contributed by atoms with van der Waals surface area (Å²) in [6.07, 6.45) is 2.33. The van der Waals surface area contributed by atoms with Gasteiger partial charge in [-0.15, -0.1) is 0 Å². The van der Waals surface area contributed by atoms with Gasteiger partial charge in [0.2, 0.25) is 0 Å². The second-order valence-corrected chi connectivity index (χ2v) is 10.5. The summed E-state index contributed by atoms with van der Waals surface area (Å²) < 4.78 is 23.7. The van der Waals surface area contributed by atoms with Crippen molar-refractivity contribution in [2.45, 2.75) is 24.8 Å². The van der Waals surface area contributed by atoms with Crippen LogP contribution in [-0.2, 0) is 7.05 Å². The molecule has 1 unspecified atom stereocenters. The highest BCUT2D eigenvalue weighted by atomic mass is 32.1. The van der Waals surface area contributed by atoms with Gasteiger partial charge in [-0.1, -0.05) is 0 Å². The number of fused-ring (bicyclic) bond motifs is 3. The summed E-state index contributed by atoms with van der Waals surface area (Å²) in [7, 11) is 8.63. The van der Waals surface area contributed by atoms with E-state index in [0.29, 0.717) is 46.0 Å². The van der Waals surface area contributed by atoms with Gasteiger partial charge in [-0.25, -0.2) is 0 Å². The predicted octanol–water partition coefficient (Wildman–Crippen LogP) is 4.29. The number of nitrogens with zero attached hydrogens (tertiary/aromatic N) is 3. The summed E-state index contributed by atoms with van der Waals surface area (Å²) in [5.74, 6) is 3.91. The molecular formula is C29H37N5O4S. The molecule has 6 rings (SSSR count). The van der Waals surface area contributed by atoms with Crippen LogP contribution < -0.4 is 29.6 Å². The maximum atomic E-state index is 5.60. The maximum absolute atomic E-state index is 5.60. The van der Waals surface area contributed by atoms with Gasteiger partial charge in [-0.2, -0.15) is 5.10 Å². The molecule has 4 heterocycles. The van der Waals surface area contributed by atoms with E-state index in [1.54, 1.807) is 28.4 Å². The minimum Gasteiger partial charge on any atom is -0.497 e. The molecule has 2 N–H and O–H groups in total. The number of hydrogen-bond acceptors (Lipinski definition) is 7. The third kappa shape index (κ3) is 5.77. The summed E-state index contributed by atoms with van der Waals surface area (Å²) in [5.41, 5.74) is 4.09. The van der Waals surface area contributed by atoms with E-state index in [1.807, 2.05) is 48.1 Å². The average Bonchev–Trinajstić information content (AvgIpc) is 3.36. The zero-order chi connectivity index (χ0) is 27.5. The second-order valence-electron chi connectivity index (χ2n) is 10.1. The molecule has 208 valence electrons. The number of rotatable bonds is 9. The number of nitrogens with one attached hydrogen (secondary N) is 2. The minimum absolute atomic E-state index is 0.443. The van der Waals surface area contributed by atoms with Crippen LogP contribution in [0.25, 0.3) is 11.3 Å². The normalized spacial score (nSPS) is 21.8. The van der Waals surface area contributed by atoms with Crippen molar-refractivity contribution >= 4 is 23.0 Å². The largest absolute Gasteiger partial charge is 0.497 e. The van der Waals surface area contributed by atoms with E-state index in [0.717, 1.165) is 43.0 Å². The Kier molecular flexibility index (Phi) is 8.13. The van der Waals surface area contributed by atoms with Crippen LogP contribution in [0.2, 0.25) is 0 Å². The molecule has 2 aromatic carbocycles. The number of anilines is 1. The summed E-state index contributed by atoms with van der Waals surface area (Å²) in [4.78, 5) is 2.60. The highest BCUT2D eigenvalue weighted by molar-refractivity contribution is 7.80. The smallest absolute Gasteiger partial charge is 0.170 e. The number of ether oxygens (including phenoxy) is 4. The first kappa shape index (κ1) is 27.1. The highest BCUT2D eigenvalue weighted by Crippen LogP contribution is 2.42. The molecule has 2 bridgehead atoms. The molecule has 3 aliphatic heterocycles. The lowest BCUT2D eigenvalue weighted by atomic mass is 9.74. The molecule has 3 aliphatic rings. The lowest BCUT2D eigenvalue weighted by Crippen LogP contribution is -2.56. The number of piperidine rings is 3. The highest BCUT2D eigenvalue weighted by Gasteiger charge is 2.41. The van der Waals surface area contributed by atoms with E-state index < -0.39 is 0 Å². The number of hydrogen-bond donors (Lipinski definition) is 2. The number of aromatic nitrogens is 2. The van der Waals surface area contributed by atoms with Crippen LogP contribution in [-0.4, -0.2) is 73.9 Å². The summed E-state index contributed by atoms with van der Waals surface area (Å²) >= 11 is 5.60. The van der Waals surface area contributed by atoms with E-state index in [9.17, 15) is 0 Å². The van der Waals surface area contributed by atoms with Crippen molar-refractivity contribution in [3.05, 3.63) is 48.2 Å². The second kappa shape index (κ2) is 11.7. The van der Waals surface area contributed by atoms with Gasteiger partial charge in [0.25, 0.3) is 0 Å². The molecule has 9 nitrogen and oxygen atoms in total. The number of methoxy groups -OCH3 is 4. The maximum Gasteiger partial charge on any atom is 0.170 e. The van der Waals surface area contributed by atoms with Crippen LogP contribution in [0.15, 0.2) is 42.5 Å². The fourth-order valence-corrected chi connectivity index (χ4v) is 6.12. The number of thiocarbonyl (C=S) groups is 1. The van der Waals surface area contributed by atoms with E-state index in [4.69, 9.17) is 36.3 Å². The van der Waals surface area contributed by atoms with Crippen LogP contribution in [0.3, 0.4) is 0 Å². The Morgan fingerprint density at radius 1 is 0.974 bits per heavy atom. The van der Waals surface area contributed by atoms with Gasteiger partial charge >= 0.3 is 0 Å². The van der Waals surface area contributed by atoms with Crippen molar-refractivity contribution in [2.75, 3.05) is 53.4 Å². The summed E-state index contributed by atoms with van der Waals surface area (Å²) in [6, 6.07) is 14.3. The minimum atomic E-state index is 0.443. The first-order chi connectivity index (χ1) is 18.9. The SMILES string of the molecule is COc1cc(NC(=S)NC[C@H]2C[C@@H]3CCN2C[C@@H]3c2cc(-c3ccc(OC)c(OC)c3)nn2C)cc(OC)c1. The van der Waals surface area contributed by atoms with Gasteiger partial charge in [0.05, 0.1) is 34.1 Å². The molecule has 0 aliphatic carbocycles. The van der Waals surface area contributed by atoms with Crippen molar-refractivity contribution in [1.29, 1.82) is 0 Å². The Morgan fingerprint density at radius 3 is 2.36 bits per heavy atom.